The Kier molecular flexibility index (Phi) is 5.80. The van der Waals surface area contributed by atoms with Crippen LogP contribution in [-0.2, 0) is 0 Å². The van der Waals surface area contributed by atoms with Gasteiger partial charge >= 0.3 is 0 Å². The Morgan fingerprint density at radius 3 is 2.62 bits per heavy atom. The van der Waals surface area contributed by atoms with Gasteiger partial charge in [-0.25, -0.2) is 0 Å². The zero-order valence-electron chi connectivity index (χ0n) is 13.7. The Bertz CT molecular complexity index is 418. The van der Waals surface area contributed by atoms with E-state index in [9.17, 15) is 5.11 Å². The van der Waals surface area contributed by atoms with Gasteiger partial charge in [0.15, 0.2) is 0 Å². The largest absolute Gasteiger partial charge is 0.396 e. The van der Waals surface area contributed by atoms with Crippen molar-refractivity contribution in [3.05, 3.63) is 35.9 Å². The summed E-state index contributed by atoms with van der Waals surface area (Å²) in [5.74, 6) is 0.468. The van der Waals surface area contributed by atoms with E-state index in [1.54, 1.807) is 0 Å². The molecule has 0 bridgehead atoms. The van der Waals surface area contributed by atoms with Gasteiger partial charge in [0.25, 0.3) is 0 Å². The minimum absolute atomic E-state index is 0.154. The Balaban J connectivity index is 2.07. The lowest BCUT2D eigenvalue weighted by Crippen LogP contribution is -2.42. The summed E-state index contributed by atoms with van der Waals surface area (Å²) in [5.41, 5.74) is 1.52. The lowest BCUT2D eigenvalue weighted by atomic mass is 9.80. The van der Waals surface area contributed by atoms with E-state index in [1.165, 1.54) is 5.56 Å². The van der Waals surface area contributed by atoms with Gasteiger partial charge in [0.1, 0.15) is 0 Å². The summed E-state index contributed by atoms with van der Waals surface area (Å²) < 4.78 is 0. The molecule has 0 aliphatic carbocycles. The zero-order chi connectivity index (χ0) is 15.3. The number of hydrogen-bond acceptors (Lipinski definition) is 3. The average Bonchev–Trinajstić information content (AvgIpc) is 2.92. The Morgan fingerprint density at radius 1 is 1.33 bits per heavy atom. The van der Waals surface area contributed by atoms with Crippen LogP contribution >= 0.6 is 0 Å². The van der Waals surface area contributed by atoms with Crippen LogP contribution in [0.1, 0.15) is 38.8 Å². The van der Waals surface area contributed by atoms with Crippen LogP contribution in [0.5, 0.6) is 0 Å². The molecule has 2 unspecified atom stereocenters. The van der Waals surface area contributed by atoms with Crippen LogP contribution in [0.4, 0.5) is 0 Å². The molecule has 3 heteroatoms. The molecular weight excluding hydrogens is 260 g/mol. The van der Waals surface area contributed by atoms with Crippen LogP contribution in [0, 0.1) is 11.3 Å². The highest BCUT2D eigenvalue weighted by Crippen LogP contribution is 2.35. The van der Waals surface area contributed by atoms with Gasteiger partial charge in [-0.1, -0.05) is 51.1 Å². The molecule has 0 spiro atoms. The number of benzene rings is 1. The fourth-order valence-corrected chi connectivity index (χ4v) is 3.57. The number of likely N-dealkylation sites (tertiary alicyclic amines) is 1. The minimum Gasteiger partial charge on any atom is -0.396 e. The first-order valence-electron chi connectivity index (χ1n) is 8.18. The second-order valence-electron chi connectivity index (χ2n) is 6.96. The molecule has 0 amide bonds. The molecule has 1 saturated heterocycles. The quantitative estimate of drug-likeness (QED) is 0.810. The van der Waals surface area contributed by atoms with E-state index >= 15 is 0 Å². The van der Waals surface area contributed by atoms with Crippen molar-refractivity contribution in [2.24, 2.45) is 11.3 Å². The molecule has 1 aromatic rings. The van der Waals surface area contributed by atoms with E-state index in [1.807, 2.05) is 0 Å². The van der Waals surface area contributed by atoms with Crippen molar-refractivity contribution in [2.75, 3.05) is 32.8 Å². The summed E-state index contributed by atoms with van der Waals surface area (Å²) in [6.45, 7) is 11.4. The van der Waals surface area contributed by atoms with Crippen LogP contribution < -0.4 is 5.32 Å². The lowest BCUT2D eigenvalue weighted by Gasteiger charge is -2.38. The van der Waals surface area contributed by atoms with Crippen LogP contribution in [0.15, 0.2) is 30.3 Å². The zero-order valence-corrected chi connectivity index (χ0v) is 13.7. The first-order valence-corrected chi connectivity index (χ1v) is 8.18. The van der Waals surface area contributed by atoms with E-state index in [2.05, 4.69) is 61.3 Å². The van der Waals surface area contributed by atoms with E-state index in [0.29, 0.717) is 18.6 Å². The van der Waals surface area contributed by atoms with Crippen LogP contribution in [0.3, 0.4) is 0 Å². The minimum atomic E-state index is 0.154. The summed E-state index contributed by atoms with van der Waals surface area (Å²) in [5, 5.41) is 13.0. The maximum absolute atomic E-state index is 9.31. The highest BCUT2D eigenvalue weighted by Gasteiger charge is 2.34. The van der Waals surface area contributed by atoms with Gasteiger partial charge in [0.2, 0.25) is 0 Å². The summed E-state index contributed by atoms with van der Waals surface area (Å²) >= 11 is 0. The molecule has 3 nitrogen and oxygen atoms in total. The number of nitrogens with one attached hydrogen (secondary N) is 1. The molecule has 118 valence electrons. The smallest absolute Gasteiger partial charge is 0.0471 e. The van der Waals surface area contributed by atoms with E-state index in [4.69, 9.17) is 0 Å². The molecule has 1 aliphatic heterocycles. The highest BCUT2D eigenvalue weighted by atomic mass is 16.3. The van der Waals surface area contributed by atoms with Crippen molar-refractivity contribution in [1.82, 2.24) is 10.2 Å². The fourth-order valence-electron chi connectivity index (χ4n) is 3.57. The van der Waals surface area contributed by atoms with Gasteiger partial charge in [0.05, 0.1) is 0 Å². The third-order valence-electron chi connectivity index (χ3n) is 4.58. The average molecular weight is 290 g/mol. The van der Waals surface area contributed by atoms with Crippen molar-refractivity contribution in [3.63, 3.8) is 0 Å². The fraction of sp³-hybridized carbons (Fsp3) is 0.667. The maximum atomic E-state index is 9.31. The standard InChI is InChI=1S/C18H30N2O/c1-4-19-17(16-8-6-5-7-9-16)18(2,3)14-20-11-10-15(12-20)13-21/h5-9,15,17,19,21H,4,10-14H2,1-3H3. The van der Waals surface area contributed by atoms with Crippen molar-refractivity contribution in [1.29, 1.82) is 0 Å². The van der Waals surface area contributed by atoms with Crippen molar-refractivity contribution >= 4 is 0 Å². The Labute approximate surface area is 129 Å². The Morgan fingerprint density at radius 2 is 2.05 bits per heavy atom. The number of rotatable bonds is 7. The van der Waals surface area contributed by atoms with E-state index < -0.39 is 0 Å². The molecule has 1 heterocycles. The van der Waals surface area contributed by atoms with E-state index in [0.717, 1.165) is 32.6 Å². The maximum Gasteiger partial charge on any atom is 0.0471 e. The van der Waals surface area contributed by atoms with Gasteiger partial charge in [-0.2, -0.15) is 0 Å². The molecule has 1 aliphatic rings. The first-order chi connectivity index (χ1) is 10.1. The second-order valence-corrected chi connectivity index (χ2v) is 6.96. The predicted octanol–water partition coefficient (Wildman–Crippen LogP) is 2.68. The van der Waals surface area contributed by atoms with Gasteiger partial charge in [-0.15, -0.1) is 0 Å². The first kappa shape index (κ1) is 16.5. The van der Waals surface area contributed by atoms with Crippen LogP contribution in [0.25, 0.3) is 0 Å². The second kappa shape index (κ2) is 7.39. The molecule has 0 saturated carbocycles. The van der Waals surface area contributed by atoms with E-state index in [-0.39, 0.29) is 5.41 Å². The number of nitrogens with zero attached hydrogens (tertiary/aromatic N) is 1. The topological polar surface area (TPSA) is 35.5 Å². The summed E-state index contributed by atoms with van der Waals surface area (Å²) in [6.07, 6.45) is 1.13. The molecule has 2 rings (SSSR count). The van der Waals surface area contributed by atoms with Gasteiger partial charge in [-0.05, 0) is 36.4 Å². The highest BCUT2D eigenvalue weighted by molar-refractivity contribution is 5.21. The SMILES string of the molecule is CCNC(c1ccccc1)C(C)(C)CN1CCC(CO)C1. The number of hydrogen-bond donors (Lipinski definition) is 2. The molecule has 0 radical (unpaired) electrons. The predicted molar refractivity (Wildman–Crippen MR) is 88.3 cm³/mol. The molecule has 2 N–H and O–H groups in total. The normalized spacial score (nSPS) is 21.6. The molecule has 1 fully saturated rings. The Hall–Kier alpha value is -0.900. The number of aliphatic hydroxyl groups is 1. The summed E-state index contributed by atoms with van der Waals surface area (Å²) in [4.78, 5) is 2.51. The summed E-state index contributed by atoms with van der Waals surface area (Å²) in [7, 11) is 0. The molecule has 21 heavy (non-hydrogen) atoms. The molecule has 1 aromatic carbocycles. The third-order valence-corrected chi connectivity index (χ3v) is 4.58. The van der Waals surface area contributed by atoms with Gasteiger partial charge in [-0.3, -0.25) is 0 Å². The van der Waals surface area contributed by atoms with Crippen molar-refractivity contribution in [2.45, 2.75) is 33.2 Å². The van der Waals surface area contributed by atoms with Crippen molar-refractivity contribution in [3.8, 4) is 0 Å². The molecule has 2 atom stereocenters. The van der Waals surface area contributed by atoms with Crippen molar-refractivity contribution < 1.29 is 5.11 Å². The number of aliphatic hydroxyl groups excluding tert-OH is 1. The third kappa shape index (κ3) is 4.29. The summed E-state index contributed by atoms with van der Waals surface area (Å²) in [6, 6.07) is 11.1. The molecule has 0 aromatic heterocycles. The van der Waals surface area contributed by atoms with Gasteiger partial charge in [0, 0.05) is 25.7 Å². The molecular formula is C18H30N2O. The van der Waals surface area contributed by atoms with Crippen LogP contribution in [0.2, 0.25) is 0 Å². The monoisotopic (exact) mass is 290 g/mol. The van der Waals surface area contributed by atoms with Gasteiger partial charge < -0.3 is 15.3 Å². The lowest BCUT2D eigenvalue weighted by molar-refractivity contribution is 0.147. The van der Waals surface area contributed by atoms with Crippen LogP contribution in [-0.4, -0.2) is 42.8 Å².